The molecule has 0 radical (unpaired) electrons. The van der Waals surface area contributed by atoms with E-state index in [4.69, 9.17) is 4.98 Å². The molecule has 6 rings (SSSR count). The molecular weight excluding hydrogens is 370 g/mol. The van der Waals surface area contributed by atoms with Gasteiger partial charge in [-0.3, -0.25) is 4.40 Å². The molecule has 142 valence electrons. The average molecular weight is 395 g/mol. The normalized spacial score (nSPS) is 13.0. The molecule has 3 nitrogen and oxygen atoms in total. The lowest BCUT2D eigenvalue weighted by molar-refractivity contribution is -0.643. The number of rotatable bonds is 1. The minimum atomic E-state index is -1.48. The van der Waals surface area contributed by atoms with Crippen LogP contribution in [0.4, 0.5) is 0 Å². The molecule has 0 aliphatic rings. The molecule has 0 aliphatic carbocycles. The summed E-state index contributed by atoms with van der Waals surface area (Å²) in [7, 11) is 0.688. The van der Waals surface area contributed by atoms with Crippen molar-refractivity contribution in [1.29, 1.82) is 0 Å². The second kappa shape index (κ2) is 5.33. The fourth-order valence-electron chi connectivity index (χ4n) is 4.96. The zero-order chi connectivity index (χ0) is 20.1. The maximum absolute atomic E-state index is 4.84. The number of aromatic nitrogens is 3. The summed E-state index contributed by atoms with van der Waals surface area (Å²) in [6.45, 7) is 9.50. The zero-order valence-corrected chi connectivity index (χ0v) is 18.5. The van der Waals surface area contributed by atoms with Gasteiger partial charge in [0.2, 0.25) is 5.52 Å². The van der Waals surface area contributed by atoms with Gasteiger partial charge in [-0.2, -0.15) is 0 Å². The summed E-state index contributed by atoms with van der Waals surface area (Å²) in [6.07, 6.45) is 4.13. The summed E-state index contributed by atoms with van der Waals surface area (Å²) >= 11 is 0. The van der Waals surface area contributed by atoms with Crippen LogP contribution >= 0.6 is 0 Å². The van der Waals surface area contributed by atoms with Crippen LogP contribution in [0.15, 0.2) is 54.9 Å². The molecule has 0 aliphatic heterocycles. The van der Waals surface area contributed by atoms with Crippen LogP contribution < -0.4 is 9.75 Å². The first-order valence-corrected chi connectivity index (χ1v) is 13.7. The molecule has 4 heterocycles. The standard InChI is InChI=1S/C25H24N3Si/c1-15-8-9-18-19-7-6-11-26-25(19)28-20-14-17(29(3,4)5)13-16-10-12-27(2)24(22(16)20)21(15)23(18)28/h6-14H,1-5H3/q+1. The Balaban J connectivity index is 2.08. The van der Waals surface area contributed by atoms with Gasteiger partial charge >= 0.3 is 0 Å². The number of hydrogen-bond donors (Lipinski definition) is 0. The fraction of sp³-hybridized carbons (Fsp3) is 0.200. The molecule has 0 fully saturated rings. The predicted octanol–water partition coefficient (Wildman–Crippen LogP) is 5.06. The van der Waals surface area contributed by atoms with Gasteiger partial charge in [0.25, 0.3) is 0 Å². The van der Waals surface area contributed by atoms with Crippen molar-refractivity contribution in [2.24, 2.45) is 7.05 Å². The molecule has 0 atom stereocenters. The molecule has 2 aromatic carbocycles. The minimum Gasteiger partial charge on any atom is -0.292 e. The van der Waals surface area contributed by atoms with Crippen LogP contribution in [0, 0.1) is 6.92 Å². The van der Waals surface area contributed by atoms with E-state index < -0.39 is 8.07 Å². The summed E-state index contributed by atoms with van der Waals surface area (Å²) in [6, 6.07) is 15.9. The SMILES string of the molecule is Cc1ccc2c3cccnc3n3c4cc([Si](C)(C)C)cc5cc[n+](C)c(c1c23)c54. The molecule has 29 heavy (non-hydrogen) atoms. The van der Waals surface area contributed by atoms with Gasteiger partial charge in [0, 0.05) is 23.0 Å². The Morgan fingerprint density at radius 3 is 2.59 bits per heavy atom. The van der Waals surface area contributed by atoms with Crippen LogP contribution in [-0.2, 0) is 7.05 Å². The molecule has 6 aromatic rings. The Labute approximate surface area is 170 Å². The lowest BCUT2D eigenvalue weighted by Gasteiger charge is -2.20. The molecule has 4 heteroatoms. The highest BCUT2D eigenvalue weighted by Crippen LogP contribution is 2.39. The fourth-order valence-corrected chi connectivity index (χ4v) is 6.12. The van der Waals surface area contributed by atoms with Crippen molar-refractivity contribution < 1.29 is 4.57 Å². The van der Waals surface area contributed by atoms with E-state index in [9.17, 15) is 0 Å². The van der Waals surface area contributed by atoms with E-state index in [0.29, 0.717) is 0 Å². The summed E-state index contributed by atoms with van der Waals surface area (Å²) in [4.78, 5) is 4.84. The summed E-state index contributed by atoms with van der Waals surface area (Å²) in [5, 5.41) is 8.00. The first-order valence-electron chi connectivity index (χ1n) is 10.2. The Morgan fingerprint density at radius 1 is 0.966 bits per heavy atom. The van der Waals surface area contributed by atoms with Crippen molar-refractivity contribution >= 4 is 62.4 Å². The van der Waals surface area contributed by atoms with Crippen LogP contribution in [0.5, 0.6) is 0 Å². The van der Waals surface area contributed by atoms with Crippen molar-refractivity contribution in [3.05, 3.63) is 60.4 Å². The van der Waals surface area contributed by atoms with Gasteiger partial charge in [0.1, 0.15) is 12.7 Å². The molecule has 4 aromatic heterocycles. The topological polar surface area (TPSA) is 21.2 Å². The molecule has 0 amide bonds. The molecule has 0 N–H and O–H groups in total. The Kier molecular flexibility index (Phi) is 3.11. The quantitative estimate of drug-likeness (QED) is 0.165. The van der Waals surface area contributed by atoms with Crippen LogP contribution in [-0.4, -0.2) is 17.5 Å². The second-order valence-electron chi connectivity index (χ2n) is 9.35. The number of hydrogen-bond acceptors (Lipinski definition) is 1. The third-order valence-electron chi connectivity index (χ3n) is 6.46. The molecule has 0 spiro atoms. The van der Waals surface area contributed by atoms with E-state index in [1.54, 1.807) is 0 Å². The van der Waals surface area contributed by atoms with Gasteiger partial charge in [-0.25, -0.2) is 9.55 Å². The first-order chi connectivity index (χ1) is 13.9. The third kappa shape index (κ3) is 2.07. The molecular formula is C25H24N3Si+. The van der Waals surface area contributed by atoms with E-state index in [-0.39, 0.29) is 0 Å². The maximum Gasteiger partial charge on any atom is 0.224 e. The van der Waals surface area contributed by atoms with E-state index in [1.165, 1.54) is 54.2 Å². The summed E-state index contributed by atoms with van der Waals surface area (Å²) < 4.78 is 4.71. The lowest BCUT2D eigenvalue weighted by atomic mass is 10.00. The van der Waals surface area contributed by atoms with Gasteiger partial charge in [-0.1, -0.05) is 43.0 Å². The predicted molar refractivity (Wildman–Crippen MR) is 125 cm³/mol. The molecule has 0 unspecified atom stereocenters. The maximum atomic E-state index is 4.84. The molecule has 0 bridgehead atoms. The smallest absolute Gasteiger partial charge is 0.224 e. The Morgan fingerprint density at radius 2 is 1.79 bits per heavy atom. The first kappa shape index (κ1) is 16.9. The van der Waals surface area contributed by atoms with Crippen molar-refractivity contribution in [2.75, 3.05) is 0 Å². The van der Waals surface area contributed by atoms with Crippen LogP contribution in [0.25, 0.3) is 49.1 Å². The second-order valence-corrected chi connectivity index (χ2v) is 14.4. The van der Waals surface area contributed by atoms with E-state index in [1.807, 2.05) is 12.3 Å². The van der Waals surface area contributed by atoms with E-state index >= 15 is 0 Å². The van der Waals surface area contributed by atoms with Gasteiger partial charge in [0.15, 0.2) is 6.20 Å². The van der Waals surface area contributed by atoms with Crippen LogP contribution in [0.1, 0.15) is 5.56 Å². The van der Waals surface area contributed by atoms with E-state index in [0.717, 1.165) is 5.65 Å². The summed E-state index contributed by atoms with van der Waals surface area (Å²) in [5.41, 5.74) is 6.26. The molecule has 0 saturated carbocycles. The van der Waals surface area contributed by atoms with E-state index in [2.05, 4.69) is 85.2 Å². The Hall–Kier alpha value is -2.98. The van der Waals surface area contributed by atoms with Crippen LogP contribution in [0.3, 0.4) is 0 Å². The highest BCUT2D eigenvalue weighted by molar-refractivity contribution is 6.89. The highest BCUT2D eigenvalue weighted by atomic mass is 28.3. The van der Waals surface area contributed by atoms with Crippen molar-refractivity contribution in [3.63, 3.8) is 0 Å². The summed E-state index contributed by atoms with van der Waals surface area (Å²) in [5.74, 6) is 0. The van der Waals surface area contributed by atoms with Crippen molar-refractivity contribution in [1.82, 2.24) is 9.38 Å². The average Bonchev–Trinajstić information content (AvgIpc) is 3.02. The number of benzene rings is 2. The van der Waals surface area contributed by atoms with Crippen molar-refractivity contribution in [3.8, 4) is 0 Å². The van der Waals surface area contributed by atoms with Gasteiger partial charge in [0.05, 0.1) is 29.9 Å². The van der Waals surface area contributed by atoms with Gasteiger partial charge < -0.3 is 0 Å². The third-order valence-corrected chi connectivity index (χ3v) is 8.48. The number of aryl methyl sites for hydroxylation is 2. The zero-order valence-electron chi connectivity index (χ0n) is 17.5. The minimum absolute atomic E-state index is 1.06. The lowest BCUT2D eigenvalue weighted by Crippen LogP contribution is -2.38. The number of nitrogens with zero attached hydrogens (tertiary/aromatic N) is 3. The number of pyridine rings is 3. The van der Waals surface area contributed by atoms with Crippen molar-refractivity contribution in [2.45, 2.75) is 26.6 Å². The van der Waals surface area contributed by atoms with Gasteiger partial charge in [-0.15, -0.1) is 0 Å². The number of fused-ring (bicyclic) bond motifs is 5. The van der Waals surface area contributed by atoms with Gasteiger partial charge in [-0.05, 0) is 36.1 Å². The van der Waals surface area contributed by atoms with Crippen LogP contribution in [0.2, 0.25) is 19.6 Å². The highest BCUT2D eigenvalue weighted by Gasteiger charge is 2.26. The monoisotopic (exact) mass is 394 g/mol. The molecule has 0 saturated heterocycles. The largest absolute Gasteiger partial charge is 0.292 e. The Bertz CT molecular complexity index is 1600.